The zero-order chi connectivity index (χ0) is 15.3. The van der Waals surface area contributed by atoms with Crippen molar-refractivity contribution >= 4 is 15.7 Å². The number of likely N-dealkylation sites (tertiary alicyclic amines) is 1. The number of rotatable bonds is 7. The van der Waals surface area contributed by atoms with Gasteiger partial charge in [0.2, 0.25) is 0 Å². The molecule has 0 amide bonds. The van der Waals surface area contributed by atoms with Crippen molar-refractivity contribution in [1.29, 1.82) is 0 Å². The van der Waals surface area contributed by atoms with Crippen molar-refractivity contribution in [2.45, 2.75) is 37.8 Å². The Bertz CT molecular complexity index is 556. The number of hydrogen-bond acceptors (Lipinski definition) is 5. The molecule has 0 radical (unpaired) electrons. The molecule has 2 N–H and O–H groups in total. The van der Waals surface area contributed by atoms with Crippen LogP contribution in [0.2, 0.25) is 0 Å². The van der Waals surface area contributed by atoms with Crippen molar-refractivity contribution in [3.8, 4) is 0 Å². The summed E-state index contributed by atoms with van der Waals surface area (Å²) in [5.41, 5.74) is 0.543. The van der Waals surface area contributed by atoms with Crippen LogP contribution in [-0.2, 0) is 10.0 Å². The van der Waals surface area contributed by atoms with Crippen LogP contribution < -0.4 is 10.0 Å². The molecule has 0 bridgehead atoms. The lowest BCUT2D eigenvalue weighted by molar-refractivity contribution is 0.260. The molecule has 6 nitrogen and oxygen atoms in total. The first-order chi connectivity index (χ1) is 10.0. The maximum Gasteiger partial charge on any atom is 0.260 e. The average Bonchev–Trinajstić information content (AvgIpc) is 3.00. The lowest BCUT2D eigenvalue weighted by Gasteiger charge is -2.23. The molecule has 2 rings (SSSR count). The molecule has 0 aliphatic carbocycles. The standard InChI is InChI=1S/C14H24N4O2S/c1-3-15-13-7-6-8-16-14(13)21(19,20)17-11-12(2)18-9-4-5-10-18/h6-8,12,15,17H,3-5,9-11H2,1-2H3. The molecule has 118 valence electrons. The van der Waals surface area contributed by atoms with Crippen LogP contribution in [0.4, 0.5) is 5.69 Å². The van der Waals surface area contributed by atoms with Gasteiger partial charge in [-0.05, 0) is 51.9 Å². The largest absolute Gasteiger partial charge is 0.383 e. The van der Waals surface area contributed by atoms with Gasteiger partial charge in [0.25, 0.3) is 10.0 Å². The summed E-state index contributed by atoms with van der Waals surface area (Å²) in [6.07, 6.45) is 3.89. The van der Waals surface area contributed by atoms with Gasteiger partial charge in [-0.15, -0.1) is 0 Å². The van der Waals surface area contributed by atoms with Crippen molar-refractivity contribution in [3.05, 3.63) is 18.3 Å². The minimum absolute atomic E-state index is 0.0699. The molecule has 1 saturated heterocycles. The maximum atomic E-state index is 12.4. The molecule has 0 aromatic carbocycles. The van der Waals surface area contributed by atoms with E-state index >= 15 is 0 Å². The molecule has 1 unspecified atom stereocenters. The number of nitrogens with zero attached hydrogens (tertiary/aromatic N) is 2. The van der Waals surface area contributed by atoms with E-state index < -0.39 is 10.0 Å². The lowest BCUT2D eigenvalue weighted by Crippen LogP contribution is -2.40. The zero-order valence-corrected chi connectivity index (χ0v) is 13.5. The first kappa shape index (κ1) is 16.2. The van der Waals surface area contributed by atoms with Gasteiger partial charge in [0, 0.05) is 25.3 Å². The monoisotopic (exact) mass is 312 g/mol. The summed E-state index contributed by atoms with van der Waals surface area (Å²) in [6, 6.07) is 3.66. The summed E-state index contributed by atoms with van der Waals surface area (Å²) >= 11 is 0. The molecule has 1 atom stereocenters. The minimum Gasteiger partial charge on any atom is -0.383 e. The van der Waals surface area contributed by atoms with Gasteiger partial charge in [0.15, 0.2) is 5.03 Å². The topological polar surface area (TPSA) is 74.3 Å². The van der Waals surface area contributed by atoms with Gasteiger partial charge in [0.05, 0.1) is 5.69 Å². The molecular formula is C14H24N4O2S. The zero-order valence-electron chi connectivity index (χ0n) is 12.7. The van der Waals surface area contributed by atoms with Crippen LogP contribution in [-0.4, -0.2) is 50.5 Å². The van der Waals surface area contributed by atoms with Gasteiger partial charge in [-0.25, -0.2) is 18.1 Å². The maximum absolute atomic E-state index is 12.4. The minimum atomic E-state index is -3.59. The Kier molecular flexibility index (Phi) is 5.55. The van der Waals surface area contributed by atoms with Crippen molar-refractivity contribution < 1.29 is 8.42 Å². The van der Waals surface area contributed by atoms with Crippen molar-refractivity contribution in [2.75, 3.05) is 31.5 Å². The molecule has 2 heterocycles. The first-order valence-corrected chi connectivity index (χ1v) is 8.95. The number of anilines is 1. The van der Waals surface area contributed by atoms with E-state index in [1.54, 1.807) is 12.1 Å². The van der Waals surface area contributed by atoms with Gasteiger partial charge < -0.3 is 5.32 Å². The Labute approximate surface area is 127 Å². The van der Waals surface area contributed by atoms with Crippen molar-refractivity contribution in [3.63, 3.8) is 0 Å². The molecule has 0 saturated carbocycles. The highest BCUT2D eigenvalue weighted by Crippen LogP contribution is 2.18. The highest BCUT2D eigenvalue weighted by Gasteiger charge is 2.23. The summed E-state index contributed by atoms with van der Waals surface area (Å²) in [7, 11) is -3.59. The second-order valence-electron chi connectivity index (χ2n) is 5.33. The number of sulfonamides is 1. The first-order valence-electron chi connectivity index (χ1n) is 7.47. The molecule has 0 spiro atoms. The van der Waals surface area contributed by atoms with E-state index in [-0.39, 0.29) is 11.1 Å². The molecule has 1 aliphatic heterocycles. The van der Waals surface area contributed by atoms with E-state index in [2.05, 4.69) is 26.8 Å². The Balaban J connectivity index is 2.04. The van der Waals surface area contributed by atoms with Gasteiger partial charge in [-0.1, -0.05) is 0 Å². The second kappa shape index (κ2) is 7.20. The third kappa shape index (κ3) is 4.15. The highest BCUT2D eigenvalue weighted by molar-refractivity contribution is 7.89. The predicted molar refractivity (Wildman–Crippen MR) is 83.9 cm³/mol. The van der Waals surface area contributed by atoms with Crippen LogP contribution in [0.15, 0.2) is 23.4 Å². The number of pyridine rings is 1. The van der Waals surface area contributed by atoms with E-state index in [9.17, 15) is 8.42 Å². The smallest absolute Gasteiger partial charge is 0.260 e. The third-order valence-electron chi connectivity index (χ3n) is 3.73. The number of hydrogen-bond donors (Lipinski definition) is 2. The van der Waals surface area contributed by atoms with Crippen molar-refractivity contribution in [2.24, 2.45) is 0 Å². The van der Waals surface area contributed by atoms with E-state index in [0.717, 1.165) is 13.1 Å². The second-order valence-corrected chi connectivity index (χ2v) is 7.01. The van der Waals surface area contributed by atoms with E-state index in [1.807, 2.05) is 6.92 Å². The fraction of sp³-hybridized carbons (Fsp3) is 0.643. The van der Waals surface area contributed by atoms with Gasteiger partial charge >= 0.3 is 0 Å². The fourth-order valence-corrected chi connectivity index (χ4v) is 3.77. The van der Waals surface area contributed by atoms with Crippen LogP contribution in [0, 0.1) is 0 Å². The van der Waals surface area contributed by atoms with Crippen LogP contribution in [0.5, 0.6) is 0 Å². The Hall–Kier alpha value is -1.18. The molecule has 1 fully saturated rings. The summed E-state index contributed by atoms with van der Waals surface area (Å²) in [4.78, 5) is 6.33. The van der Waals surface area contributed by atoms with Crippen LogP contribution in [0.3, 0.4) is 0 Å². The molecule has 1 aromatic heterocycles. The van der Waals surface area contributed by atoms with E-state index in [0.29, 0.717) is 18.8 Å². The predicted octanol–water partition coefficient (Wildman–Crippen LogP) is 1.28. The average molecular weight is 312 g/mol. The quantitative estimate of drug-likeness (QED) is 0.793. The highest BCUT2D eigenvalue weighted by atomic mass is 32.2. The summed E-state index contributed by atoms with van der Waals surface area (Å²) in [5.74, 6) is 0. The molecule has 1 aromatic rings. The molecule has 21 heavy (non-hydrogen) atoms. The fourth-order valence-electron chi connectivity index (χ4n) is 2.54. The number of aromatic nitrogens is 1. The Morgan fingerprint density at radius 1 is 1.38 bits per heavy atom. The summed E-state index contributed by atoms with van der Waals surface area (Å²) in [6.45, 7) is 7.14. The van der Waals surface area contributed by atoms with Crippen LogP contribution in [0.25, 0.3) is 0 Å². The Morgan fingerprint density at radius 2 is 2.10 bits per heavy atom. The molecular weight excluding hydrogens is 288 g/mol. The molecule has 1 aliphatic rings. The van der Waals surface area contributed by atoms with Gasteiger partial charge in [0.1, 0.15) is 0 Å². The summed E-state index contributed by atoms with van der Waals surface area (Å²) < 4.78 is 27.5. The van der Waals surface area contributed by atoms with Crippen molar-refractivity contribution in [1.82, 2.24) is 14.6 Å². The van der Waals surface area contributed by atoms with Crippen LogP contribution in [0.1, 0.15) is 26.7 Å². The van der Waals surface area contributed by atoms with Gasteiger partial charge in [-0.2, -0.15) is 0 Å². The normalized spacial score (nSPS) is 17.8. The number of nitrogens with one attached hydrogen (secondary N) is 2. The Morgan fingerprint density at radius 3 is 2.76 bits per heavy atom. The van der Waals surface area contributed by atoms with Gasteiger partial charge in [-0.3, -0.25) is 4.90 Å². The molecule has 7 heteroatoms. The van der Waals surface area contributed by atoms with E-state index in [1.165, 1.54) is 19.0 Å². The summed E-state index contributed by atoms with van der Waals surface area (Å²) in [5, 5.41) is 3.10. The van der Waals surface area contributed by atoms with Crippen LogP contribution >= 0.6 is 0 Å². The third-order valence-corrected chi connectivity index (χ3v) is 5.11. The lowest BCUT2D eigenvalue weighted by atomic mass is 10.3. The SMILES string of the molecule is CCNc1cccnc1S(=O)(=O)NCC(C)N1CCCC1. The van der Waals surface area contributed by atoms with E-state index in [4.69, 9.17) is 0 Å².